The van der Waals surface area contributed by atoms with Gasteiger partial charge in [-0.3, -0.25) is 34.0 Å². The number of benzene rings is 1. The topological polar surface area (TPSA) is 160 Å². The zero-order valence-corrected chi connectivity index (χ0v) is 35.5. The fraction of sp³-hybridized carbons (Fsp3) is 0.578. The van der Waals surface area contributed by atoms with Crippen LogP contribution in [0, 0.1) is 5.92 Å². The van der Waals surface area contributed by atoms with Crippen molar-refractivity contribution in [3.63, 3.8) is 0 Å². The highest BCUT2D eigenvalue weighted by Gasteiger charge is 2.40. The number of morpholine rings is 1. The van der Waals surface area contributed by atoms with Gasteiger partial charge in [0.2, 0.25) is 11.8 Å². The van der Waals surface area contributed by atoms with Crippen molar-refractivity contribution in [3.05, 3.63) is 65.4 Å². The summed E-state index contributed by atoms with van der Waals surface area (Å²) in [6.45, 7) is 6.59. The molecule has 6 fully saturated rings. The first-order chi connectivity index (χ1) is 30.6. The molecule has 63 heavy (non-hydrogen) atoms. The number of nitrogens with one attached hydrogen (secondary N) is 2. The third-order valence-corrected chi connectivity index (χ3v) is 14.8. The van der Waals surface area contributed by atoms with E-state index in [1.54, 1.807) is 21.6 Å². The molecule has 2 amide bonds. The summed E-state index contributed by atoms with van der Waals surface area (Å²) < 4.78 is 39.6. The lowest BCUT2D eigenvalue weighted by molar-refractivity contribution is -0.134. The molecule has 0 spiro atoms. The summed E-state index contributed by atoms with van der Waals surface area (Å²) in [6, 6.07) is 9.18. The molecule has 1 saturated carbocycles. The predicted molar refractivity (Wildman–Crippen MR) is 229 cm³/mol. The molecule has 1 aromatic carbocycles. The number of Topliss-reactive ketones (excluding diaryl/α,β-unsaturated/α-hetero) is 1. The number of likely N-dealkylation sites (tertiary alicyclic amines) is 2. The van der Waals surface area contributed by atoms with Crippen LogP contribution in [0.15, 0.2) is 42.9 Å². The van der Waals surface area contributed by atoms with Crippen molar-refractivity contribution in [2.24, 2.45) is 13.0 Å². The normalized spacial score (nSPS) is 26.3. The number of anilines is 2. The number of imide groups is 1. The lowest BCUT2D eigenvalue weighted by atomic mass is 9.85. The van der Waals surface area contributed by atoms with Crippen LogP contribution < -0.4 is 15.5 Å². The fourth-order valence-corrected chi connectivity index (χ4v) is 11.4. The van der Waals surface area contributed by atoms with Gasteiger partial charge < -0.3 is 19.9 Å². The lowest BCUT2D eigenvalue weighted by Crippen LogP contribution is -2.60. The van der Waals surface area contributed by atoms with E-state index < -0.39 is 12.3 Å². The Kier molecular flexibility index (Phi) is 10.5. The van der Waals surface area contributed by atoms with Crippen LogP contribution >= 0.6 is 0 Å². The van der Waals surface area contributed by atoms with Gasteiger partial charge in [0.15, 0.2) is 11.4 Å². The maximum atomic E-state index is 14.4. The average molecular weight is 865 g/mol. The molecule has 6 aliphatic rings. The van der Waals surface area contributed by atoms with Crippen LogP contribution in [-0.4, -0.2) is 132 Å². The number of ketones is 1. The Labute approximate surface area is 363 Å². The van der Waals surface area contributed by atoms with Crippen molar-refractivity contribution in [2.75, 3.05) is 56.1 Å². The third-order valence-electron chi connectivity index (χ3n) is 14.8. The summed E-state index contributed by atoms with van der Waals surface area (Å²) in [4.78, 5) is 50.3. The van der Waals surface area contributed by atoms with Crippen molar-refractivity contribution < 1.29 is 27.9 Å². The van der Waals surface area contributed by atoms with Crippen molar-refractivity contribution in [1.82, 2.24) is 49.3 Å². The Bertz CT molecular complexity index is 2550. The first-order valence-electron chi connectivity index (χ1n) is 22.8. The Morgan fingerprint density at radius 2 is 1.81 bits per heavy atom. The molecule has 3 atom stereocenters. The minimum Gasteiger partial charge on any atom is -0.378 e. The van der Waals surface area contributed by atoms with E-state index in [-0.39, 0.29) is 53.5 Å². The molecule has 2 N–H and O–H groups in total. The number of nitrogens with zero attached hydrogens (tertiary/aromatic N) is 10. The number of piperidine rings is 2. The number of hydrogen-bond donors (Lipinski definition) is 2. The molecule has 18 heteroatoms. The predicted octanol–water partition coefficient (Wildman–Crippen LogP) is 4.67. The van der Waals surface area contributed by atoms with Gasteiger partial charge in [-0.2, -0.15) is 15.3 Å². The molecule has 4 aromatic heterocycles. The lowest BCUT2D eigenvalue weighted by Gasteiger charge is -2.48. The number of rotatable bonds is 12. The van der Waals surface area contributed by atoms with E-state index in [4.69, 9.17) is 14.8 Å². The Morgan fingerprint density at radius 3 is 2.56 bits per heavy atom. The molecule has 11 rings (SSSR count). The maximum absolute atomic E-state index is 14.4. The Morgan fingerprint density at radius 1 is 0.984 bits per heavy atom. The molecule has 2 bridgehead atoms. The summed E-state index contributed by atoms with van der Waals surface area (Å²) in [7, 11) is 1.91. The highest BCUT2D eigenvalue weighted by molar-refractivity contribution is 6.04. The molecule has 332 valence electrons. The summed E-state index contributed by atoms with van der Waals surface area (Å²) in [6.07, 6.45) is 10.00. The quantitative estimate of drug-likeness (QED) is 0.132. The Hall–Kier alpha value is -5.33. The smallest absolute Gasteiger partial charge is 0.282 e. The van der Waals surface area contributed by atoms with Crippen LogP contribution in [0.3, 0.4) is 0 Å². The van der Waals surface area contributed by atoms with Crippen LogP contribution in [0.5, 0.6) is 0 Å². The van der Waals surface area contributed by atoms with Gasteiger partial charge in [-0.1, -0.05) is 12.1 Å². The number of halogens is 2. The molecule has 9 heterocycles. The van der Waals surface area contributed by atoms with Crippen LogP contribution in [0.1, 0.15) is 103 Å². The third kappa shape index (κ3) is 7.66. The minimum atomic E-state index is -2.78. The zero-order chi connectivity index (χ0) is 42.9. The van der Waals surface area contributed by atoms with Gasteiger partial charge in [-0.05, 0) is 82.5 Å². The summed E-state index contributed by atoms with van der Waals surface area (Å²) in [5.41, 5.74) is 3.41. The number of ether oxygens (including phenoxy) is 1. The van der Waals surface area contributed by atoms with E-state index in [0.717, 1.165) is 112 Å². The van der Waals surface area contributed by atoms with Crippen LogP contribution in [0.2, 0.25) is 0 Å². The summed E-state index contributed by atoms with van der Waals surface area (Å²) in [5.74, 6) is 0.0975. The number of carbonyl (C=O) groups is 3. The highest BCUT2D eigenvalue weighted by Crippen LogP contribution is 2.37. The van der Waals surface area contributed by atoms with E-state index in [2.05, 4.69) is 41.6 Å². The van der Waals surface area contributed by atoms with E-state index in [0.29, 0.717) is 48.7 Å². The second kappa shape index (κ2) is 16.3. The van der Waals surface area contributed by atoms with E-state index in [1.165, 1.54) is 6.20 Å². The number of alkyl halides is 2. The van der Waals surface area contributed by atoms with Crippen LogP contribution in [-0.2, 0) is 27.8 Å². The molecule has 1 aliphatic carbocycles. The van der Waals surface area contributed by atoms with Crippen molar-refractivity contribution in [1.29, 1.82) is 0 Å². The van der Waals surface area contributed by atoms with Gasteiger partial charge in [0.05, 0.1) is 65.4 Å². The zero-order valence-electron chi connectivity index (χ0n) is 35.5. The van der Waals surface area contributed by atoms with Crippen LogP contribution in [0.4, 0.5) is 20.3 Å². The SMILES string of the molecule is Cn1nc(C2CCC(=O)NC2=O)c2cccc(NC3CN(C4CCN(CC5CCC(n6cc(CC(=O)c7cnn8ccc(N9C[C@H]%10C[C@@H]9CO%10)nc78)c(C(F)F)n6)CC5)CC4)C3)c21. The molecule has 1 unspecified atom stereocenters. The van der Waals surface area contributed by atoms with E-state index in [1.807, 2.05) is 29.9 Å². The minimum absolute atomic E-state index is 0.0274. The molecular weight excluding hydrogens is 811 g/mol. The van der Waals surface area contributed by atoms with Crippen molar-refractivity contribution >= 4 is 45.7 Å². The molecular formula is C45H54F2N12O4. The van der Waals surface area contributed by atoms with Gasteiger partial charge in [-0.25, -0.2) is 18.3 Å². The first kappa shape index (κ1) is 40.4. The average Bonchev–Trinajstić information content (AvgIpc) is 4.12. The van der Waals surface area contributed by atoms with Gasteiger partial charge in [0.1, 0.15) is 11.5 Å². The van der Waals surface area contributed by atoms with E-state index >= 15 is 0 Å². The monoisotopic (exact) mass is 864 g/mol. The number of fused-ring (bicyclic) bond motifs is 4. The molecule has 5 aliphatic heterocycles. The standard InChI is InChI=1S/C45H54F2N12O4/c1-54-42-33(41(52-54)34-9-10-39(61)51-45(34)62)3-2-4-36(42)49-28-22-56(23-28)29-11-14-55(15-12-29)20-26-5-7-30(8-6-26)59-21-27(40(53-59)43(46)47)17-37(60)35-19-48-58-16-13-38(50-44(35)58)57-24-32-18-31(57)25-63-32/h2-4,13,16,19,21,26,28-32,34,43,49H,5-12,14-15,17-18,20,22-25H2,1H3,(H,51,61,62)/t26?,30?,31-,32-,34?/m1/s1. The number of para-hydroxylation sites is 1. The Balaban J connectivity index is 0.649. The van der Waals surface area contributed by atoms with Gasteiger partial charge in [0.25, 0.3) is 6.43 Å². The largest absolute Gasteiger partial charge is 0.378 e. The maximum Gasteiger partial charge on any atom is 0.282 e. The van der Waals surface area contributed by atoms with E-state index in [9.17, 15) is 23.2 Å². The van der Waals surface area contributed by atoms with Gasteiger partial charge >= 0.3 is 0 Å². The van der Waals surface area contributed by atoms with Crippen molar-refractivity contribution in [3.8, 4) is 0 Å². The molecule has 5 aromatic rings. The number of amides is 2. The molecule has 0 radical (unpaired) electrons. The number of aromatic nitrogens is 7. The summed E-state index contributed by atoms with van der Waals surface area (Å²) >= 11 is 0. The number of carbonyl (C=O) groups excluding carboxylic acids is 3. The molecule has 5 saturated heterocycles. The van der Waals surface area contributed by atoms with Crippen LogP contribution in [0.25, 0.3) is 16.6 Å². The summed E-state index contributed by atoms with van der Waals surface area (Å²) in [5, 5.41) is 20.6. The first-order valence-corrected chi connectivity index (χ1v) is 22.8. The van der Waals surface area contributed by atoms with Gasteiger partial charge in [0, 0.05) is 75.5 Å². The van der Waals surface area contributed by atoms with Crippen molar-refractivity contribution in [2.45, 2.75) is 107 Å². The fourth-order valence-electron chi connectivity index (χ4n) is 11.4. The van der Waals surface area contributed by atoms with Gasteiger partial charge in [-0.15, -0.1) is 0 Å². The highest BCUT2D eigenvalue weighted by atomic mass is 19.3. The second-order valence-corrected chi connectivity index (χ2v) is 18.7. The molecule has 16 nitrogen and oxygen atoms in total. The second-order valence-electron chi connectivity index (χ2n) is 18.7. The number of hydrogen-bond acceptors (Lipinski definition) is 12. The number of aryl methyl sites for hydroxylation is 1.